The number of nitrogens with zero attached hydrogens (tertiary/aromatic N) is 3. The molecule has 2 N–H and O–H groups in total. The Morgan fingerprint density at radius 3 is 2.50 bits per heavy atom. The first-order valence-electron chi connectivity index (χ1n) is 8.84. The van der Waals surface area contributed by atoms with Crippen LogP contribution in [0.3, 0.4) is 0 Å². The van der Waals surface area contributed by atoms with Crippen LogP contribution >= 0.6 is 0 Å². The van der Waals surface area contributed by atoms with Gasteiger partial charge >= 0.3 is 0 Å². The maximum atomic E-state index is 12.4. The second-order valence-electron chi connectivity index (χ2n) is 6.48. The van der Waals surface area contributed by atoms with Crippen LogP contribution in [0.25, 0.3) is 10.8 Å². The molecule has 1 aliphatic heterocycles. The number of fused-ring (bicyclic) bond motifs is 1. The van der Waals surface area contributed by atoms with Crippen LogP contribution in [0, 0.1) is 0 Å². The molecule has 0 bridgehead atoms. The lowest BCUT2D eigenvalue weighted by molar-refractivity contribution is -0.122. The first kappa shape index (κ1) is 18.1. The predicted molar refractivity (Wildman–Crippen MR) is 97.5 cm³/mol. The molecule has 1 fully saturated rings. The van der Waals surface area contributed by atoms with Gasteiger partial charge in [-0.15, -0.1) is 0 Å². The number of nitrogens with one attached hydrogen (secondary N) is 2. The zero-order chi connectivity index (χ0) is 18.5. The lowest BCUT2D eigenvalue weighted by atomic mass is 10.1. The van der Waals surface area contributed by atoms with Gasteiger partial charge in [0.1, 0.15) is 0 Å². The smallest absolute Gasteiger partial charge is 0.290 e. The Hall–Kier alpha value is -2.74. The molecule has 2 amide bonds. The summed E-state index contributed by atoms with van der Waals surface area (Å²) in [6.07, 6.45) is 3.91. The highest BCUT2D eigenvalue weighted by molar-refractivity contribution is 6.05. The van der Waals surface area contributed by atoms with Crippen molar-refractivity contribution in [2.45, 2.75) is 25.7 Å². The highest BCUT2D eigenvalue weighted by Gasteiger charge is 2.16. The molecule has 0 saturated carbocycles. The maximum absolute atomic E-state index is 12.4. The summed E-state index contributed by atoms with van der Waals surface area (Å²) in [4.78, 5) is 38.8. The van der Waals surface area contributed by atoms with E-state index in [0.29, 0.717) is 23.7 Å². The highest BCUT2D eigenvalue weighted by Crippen LogP contribution is 2.12. The number of aryl methyl sites for hydroxylation is 1. The zero-order valence-electron chi connectivity index (χ0n) is 14.8. The van der Waals surface area contributed by atoms with Crippen LogP contribution in [0.1, 0.15) is 36.2 Å². The Morgan fingerprint density at radius 2 is 1.77 bits per heavy atom. The summed E-state index contributed by atoms with van der Waals surface area (Å²) in [7, 11) is 1.49. The topological polar surface area (TPSA) is 96.3 Å². The number of amides is 2. The third kappa shape index (κ3) is 4.08. The second kappa shape index (κ2) is 8.09. The molecule has 2 aromatic rings. The van der Waals surface area contributed by atoms with Gasteiger partial charge in [-0.3, -0.25) is 25.2 Å². The fraction of sp³-hybridized carbons (Fsp3) is 0.444. The normalized spacial score (nSPS) is 15.0. The average molecular weight is 357 g/mol. The zero-order valence-corrected chi connectivity index (χ0v) is 14.8. The summed E-state index contributed by atoms with van der Waals surface area (Å²) in [6.45, 7) is 2.73. The summed E-state index contributed by atoms with van der Waals surface area (Å²) >= 11 is 0. The molecule has 0 radical (unpaired) electrons. The minimum absolute atomic E-state index is 0.0963. The van der Waals surface area contributed by atoms with Gasteiger partial charge in [-0.05, 0) is 32.0 Å². The van der Waals surface area contributed by atoms with E-state index in [0.717, 1.165) is 17.8 Å². The van der Waals surface area contributed by atoms with Crippen LogP contribution in [0.15, 0.2) is 29.1 Å². The van der Waals surface area contributed by atoms with Crippen LogP contribution < -0.4 is 16.4 Å². The van der Waals surface area contributed by atoms with Crippen molar-refractivity contribution in [3.8, 4) is 0 Å². The second-order valence-corrected chi connectivity index (χ2v) is 6.48. The first-order valence-corrected chi connectivity index (χ1v) is 8.84. The number of benzene rings is 1. The van der Waals surface area contributed by atoms with Gasteiger partial charge in [0.2, 0.25) is 5.91 Å². The Bertz CT molecular complexity index is 871. The van der Waals surface area contributed by atoms with E-state index < -0.39 is 5.91 Å². The monoisotopic (exact) mass is 357 g/mol. The molecule has 1 aliphatic rings. The van der Waals surface area contributed by atoms with E-state index in [1.54, 1.807) is 24.3 Å². The SMILES string of the molecule is Cn1nc(C(=O)NNC(=O)CCN2CCCCC2)c2ccccc2c1=O. The Labute approximate surface area is 151 Å². The van der Waals surface area contributed by atoms with Gasteiger partial charge in [-0.2, -0.15) is 5.10 Å². The summed E-state index contributed by atoms with van der Waals surface area (Å²) in [5.41, 5.74) is 4.64. The predicted octanol–water partition coefficient (Wildman–Crippen LogP) is 0.571. The molecule has 26 heavy (non-hydrogen) atoms. The molecule has 8 heteroatoms. The van der Waals surface area contributed by atoms with Crippen LogP contribution in [-0.4, -0.2) is 46.1 Å². The minimum atomic E-state index is -0.553. The first-order chi connectivity index (χ1) is 12.6. The van der Waals surface area contributed by atoms with Gasteiger partial charge in [0.05, 0.1) is 5.39 Å². The van der Waals surface area contributed by atoms with Gasteiger partial charge in [0.25, 0.3) is 11.5 Å². The summed E-state index contributed by atoms with van der Waals surface area (Å²) in [5, 5.41) is 4.89. The quantitative estimate of drug-likeness (QED) is 0.780. The molecule has 0 aliphatic carbocycles. The van der Waals surface area contributed by atoms with Gasteiger partial charge in [-0.25, -0.2) is 4.68 Å². The minimum Gasteiger partial charge on any atom is -0.303 e. The molecular formula is C18H23N5O3. The summed E-state index contributed by atoms with van der Waals surface area (Å²) < 4.78 is 1.12. The summed E-state index contributed by atoms with van der Waals surface area (Å²) in [5.74, 6) is -0.804. The van der Waals surface area contributed by atoms with Crippen molar-refractivity contribution >= 4 is 22.6 Å². The molecule has 2 heterocycles. The third-order valence-electron chi connectivity index (χ3n) is 4.59. The number of hydrogen-bond acceptors (Lipinski definition) is 5. The van der Waals surface area contributed by atoms with E-state index in [4.69, 9.17) is 0 Å². The Morgan fingerprint density at radius 1 is 1.08 bits per heavy atom. The molecule has 0 spiro atoms. The van der Waals surface area contributed by atoms with Crippen molar-refractivity contribution in [1.82, 2.24) is 25.5 Å². The van der Waals surface area contributed by atoms with Crippen molar-refractivity contribution in [1.29, 1.82) is 0 Å². The fourth-order valence-corrected chi connectivity index (χ4v) is 3.16. The lowest BCUT2D eigenvalue weighted by Gasteiger charge is -2.25. The highest BCUT2D eigenvalue weighted by atomic mass is 16.2. The van der Waals surface area contributed by atoms with Gasteiger partial charge in [-0.1, -0.05) is 24.6 Å². The van der Waals surface area contributed by atoms with Crippen molar-refractivity contribution in [3.05, 3.63) is 40.3 Å². The summed E-state index contributed by atoms with van der Waals surface area (Å²) in [6, 6.07) is 6.77. The molecule has 0 atom stereocenters. The van der Waals surface area contributed by atoms with Crippen LogP contribution in [0.4, 0.5) is 0 Å². The lowest BCUT2D eigenvalue weighted by Crippen LogP contribution is -2.44. The standard InChI is InChI=1S/C18H23N5O3/c1-22-18(26)14-8-4-3-7-13(14)16(21-22)17(25)20-19-15(24)9-12-23-10-5-2-6-11-23/h3-4,7-8H,2,5-6,9-12H2,1H3,(H,19,24)(H,20,25). The molecule has 8 nitrogen and oxygen atoms in total. The number of piperidine rings is 1. The molecular weight excluding hydrogens is 334 g/mol. The van der Waals surface area contributed by atoms with Crippen molar-refractivity contribution in [2.24, 2.45) is 7.05 Å². The van der Waals surface area contributed by atoms with Crippen LogP contribution in [0.2, 0.25) is 0 Å². The van der Waals surface area contributed by atoms with Crippen LogP contribution in [0.5, 0.6) is 0 Å². The number of hydrazine groups is 1. The number of rotatable bonds is 4. The van der Waals surface area contributed by atoms with E-state index in [1.165, 1.54) is 26.3 Å². The molecule has 1 aromatic carbocycles. The number of carbonyl (C=O) groups is 2. The molecule has 1 aromatic heterocycles. The van der Waals surface area contributed by atoms with Crippen molar-refractivity contribution in [3.63, 3.8) is 0 Å². The van der Waals surface area contributed by atoms with Crippen molar-refractivity contribution in [2.75, 3.05) is 19.6 Å². The third-order valence-corrected chi connectivity index (χ3v) is 4.59. The van der Waals surface area contributed by atoms with Gasteiger partial charge < -0.3 is 4.90 Å². The maximum Gasteiger partial charge on any atom is 0.290 e. The number of aromatic nitrogens is 2. The molecule has 0 unspecified atom stereocenters. The fourth-order valence-electron chi connectivity index (χ4n) is 3.16. The van der Waals surface area contributed by atoms with Crippen molar-refractivity contribution < 1.29 is 9.59 Å². The van der Waals surface area contributed by atoms with E-state index in [1.807, 2.05) is 0 Å². The number of likely N-dealkylation sites (tertiary alicyclic amines) is 1. The van der Waals surface area contributed by atoms with E-state index in [-0.39, 0.29) is 17.2 Å². The number of hydrogen-bond donors (Lipinski definition) is 2. The Kier molecular flexibility index (Phi) is 5.62. The molecule has 138 valence electrons. The molecule has 3 rings (SSSR count). The van der Waals surface area contributed by atoms with Gasteiger partial charge in [0.15, 0.2) is 5.69 Å². The van der Waals surface area contributed by atoms with E-state index >= 15 is 0 Å². The van der Waals surface area contributed by atoms with E-state index in [9.17, 15) is 14.4 Å². The molecule has 1 saturated heterocycles. The Balaban J connectivity index is 1.61. The largest absolute Gasteiger partial charge is 0.303 e. The van der Waals surface area contributed by atoms with Crippen LogP contribution in [-0.2, 0) is 11.8 Å². The number of carbonyl (C=O) groups excluding carboxylic acids is 2. The van der Waals surface area contributed by atoms with E-state index in [2.05, 4.69) is 20.9 Å². The average Bonchev–Trinajstić information content (AvgIpc) is 2.68. The van der Waals surface area contributed by atoms with Gasteiger partial charge in [0, 0.05) is 25.4 Å².